The molecule has 1 atom stereocenters. The average molecular weight is 363 g/mol. The molecule has 2 heterocycles. The van der Waals surface area contributed by atoms with E-state index < -0.39 is 11.6 Å². The maximum absolute atomic E-state index is 12.7. The van der Waals surface area contributed by atoms with Gasteiger partial charge in [-0.25, -0.2) is 4.79 Å². The number of nitrogens with one attached hydrogen (secondary N) is 2. The van der Waals surface area contributed by atoms with Crippen molar-refractivity contribution < 1.29 is 14.4 Å². The van der Waals surface area contributed by atoms with Crippen LogP contribution in [0, 0.1) is 5.92 Å². The number of urea groups is 1. The van der Waals surface area contributed by atoms with Crippen molar-refractivity contribution in [2.24, 2.45) is 5.92 Å². The summed E-state index contributed by atoms with van der Waals surface area (Å²) < 4.78 is 0. The number of thiophene rings is 1. The zero-order valence-electron chi connectivity index (χ0n) is 14.7. The summed E-state index contributed by atoms with van der Waals surface area (Å²) in [5.41, 5.74) is -0.777. The normalized spacial score (nSPS) is 20.8. The third-order valence-electron chi connectivity index (χ3n) is 5.09. The molecule has 1 aliphatic carbocycles. The predicted octanol–water partition coefficient (Wildman–Crippen LogP) is 2.82. The third kappa shape index (κ3) is 3.56. The van der Waals surface area contributed by atoms with Gasteiger partial charge in [0.15, 0.2) is 0 Å². The van der Waals surface area contributed by atoms with Gasteiger partial charge in [0.1, 0.15) is 12.1 Å². The van der Waals surface area contributed by atoms with Crippen LogP contribution in [0.1, 0.15) is 56.9 Å². The molecule has 25 heavy (non-hydrogen) atoms. The number of nitrogens with zero attached hydrogens (tertiary/aromatic N) is 1. The van der Waals surface area contributed by atoms with Crippen molar-refractivity contribution >= 4 is 29.2 Å². The summed E-state index contributed by atoms with van der Waals surface area (Å²) in [7, 11) is 0. The van der Waals surface area contributed by atoms with E-state index in [0.29, 0.717) is 12.8 Å². The monoisotopic (exact) mass is 363 g/mol. The molecular formula is C18H25N3O3S. The van der Waals surface area contributed by atoms with E-state index in [0.717, 1.165) is 29.0 Å². The van der Waals surface area contributed by atoms with Gasteiger partial charge in [-0.05, 0) is 30.2 Å². The lowest BCUT2D eigenvalue weighted by atomic mass is 9.82. The zero-order valence-corrected chi connectivity index (χ0v) is 15.5. The molecule has 7 heteroatoms. The van der Waals surface area contributed by atoms with Crippen LogP contribution in [0.3, 0.4) is 0 Å². The van der Waals surface area contributed by atoms with Gasteiger partial charge in [-0.3, -0.25) is 14.5 Å². The van der Waals surface area contributed by atoms with E-state index in [9.17, 15) is 14.4 Å². The highest BCUT2D eigenvalue weighted by Crippen LogP contribution is 2.33. The highest BCUT2D eigenvalue weighted by molar-refractivity contribution is 7.10. The lowest BCUT2D eigenvalue weighted by Gasteiger charge is -2.30. The minimum absolute atomic E-state index is 0.114. The molecule has 0 unspecified atom stereocenters. The highest BCUT2D eigenvalue weighted by Gasteiger charge is 2.51. The molecule has 2 fully saturated rings. The average Bonchev–Trinajstić information content (AvgIpc) is 3.17. The van der Waals surface area contributed by atoms with Crippen molar-refractivity contribution in [1.29, 1.82) is 0 Å². The van der Waals surface area contributed by atoms with Crippen LogP contribution >= 0.6 is 11.3 Å². The number of hydrogen-bond acceptors (Lipinski definition) is 4. The molecule has 6 nitrogen and oxygen atoms in total. The lowest BCUT2D eigenvalue weighted by molar-refractivity contribution is -0.136. The Hall–Kier alpha value is -1.89. The number of amides is 4. The van der Waals surface area contributed by atoms with E-state index in [1.807, 2.05) is 31.4 Å². The Morgan fingerprint density at radius 3 is 2.64 bits per heavy atom. The number of rotatable bonds is 5. The molecular weight excluding hydrogens is 338 g/mol. The van der Waals surface area contributed by atoms with E-state index in [-0.39, 0.29) is 30.3 Å². The van der Waals surface area contributed by atoms with E-state index in [4.69, 9.17) is 0 Å². The summed E-state index contributed by atoms with van der Waals surface area (Å²) in [5, 5.41) is 7.79. The van der Waals surface area contributed by atoms with Gasteiger partial charge in [-0.15, -0.1) is 11.3 Å². The Labute approximate surface area is 152 Å². The molecule has 1 spiro atoms. The minimum Gasteiger partial charge on any atom is -0.347 e. The summed E-state index contributed by atoms with van der Waals surface area (Å²) >= 11 is 1.59. The number of hydrogen-bond donors (Lipinski definition) is 2. The van der Waals surface area contributed by atoms with E-state index in [2.05, 4.69) is 10.6 Å². The fraction of sp³-hybridized carbons (Fsp3) is 0.611. The molecule has 4 amide bonds. The highest BCUT2D eigenvalue weighted by atomic mass is 32.1. The summed E-state index contributed by atoms with van der Waals surface area (Å²) in [4.78, 5) is 39.6. The smallest absolute Gasteiger partial charge is 0.325 e. The quantitative estimate of drug-likeness (QED) is 0.790. The van der Waals surface area contributed by atoms with Crippen LogP contribution in [0.2, 0.25) is 0 Å². The molecule has 1 saturated carbocycles. The summed E-state index contributed by atoms with van der Waals surface area (Å²) in [5.74, 6) is -0.330. The van der Waals surface area contributed by atoms with E-state index >= 15 is 0 Å². The number of carbonyl (C=O) groups is 3. The minimum atomic E-state index is -0.777. The first-order valence-electron chi connectivity index (χ1n) is 8.90. The van der Waals surface area contributed by atoms with Crippen LogP contribution in [0.5, 0.6) is 0 Å². The Morgan fingerprint density at radius 1 is 1.32 bits per heavy atom. The second kappa shape index (κ2) is 7.15. The Balaban J connectivity index is 1.66. The van der Waals surface area contributed by atoms with Gasteiger partial charge < -0.3 is 10.6 Å². The molecule has 0 bridgehead atoms. The number of carbonyl (C=O) groups excluding carboxylic acids is 3. The van der Waals surface area contributed by atoms with Gasteiger partial charge in [-0.1, -0.05) is 39.2 Å². The lowest BCUT2D eigenvalue weighted by Crippen LogP contribution is -2.49. The van der Waals surface area contributed by atoms with Crippen molar-refractivity contribution in [1.82, 2.24) is 15.5 Å². The fourth-order valence-corrected chi connectivity index (χ4v) is 4.66. The third-order valence-corrected chi connectivity index (χ3v) is 6.04. The van der Waals surface area contributed by atoms with Crippen LogP contribution in [-0.4, -0.2) is 34.8 Å². The predicted molar refractivity (Wildman–Crippen MR) is 96.1 cm³/mol. The second-order valence-corrected chi connectivity index (χ2v) is 8.25. The Bertz CT molecular complexity index is 651. The topological polar surface area (TPSA) is 78.5 Å². The number of imide groups is 1. The summed E-state index contributed by atoms with van der Waals surface area (Å²) in [6, 6.07) is 3.38. The zero-order chi connectivity index (χ0) is 18.0. The first-order valence-corrected chi connectivity index (χ1v) is 9.78. The van der Waals surface area contributed by atoms with Gasteiger partial charge >= 0.3 is 6.03 Å². The molecule has 1 aliphatic heterocycles. The van der Waals surface area contributed by atoms with Crippen LogP contribution in [-0.2, 0) is 9.59 Å². The largest absolute Gasteiger partial charge is 0.347 e. The first-order chi connectivity index (χ1) is 11.9. The van der Waals surface area contributed by atoms with Crippen molar-refractivity contribution in [3.8, 4) is 0 Å². The fourth-order valence-electron chi connectivity index (χ4n) is 3.71. The van der Waals surface area contributed by atoms with Gasteiger partial charge in [-0.2, -0.15) is 0 Å². The van der Waals surface area contributed by atoms with Gasteiger partial charge in [0.25, 0.3) is 5.91 Å². The van der Waals surface area contributed by atoms with E-state index in [1.54, 1.807) is 11.3 Å². The maximum atomic E-state index is 12.7. The summed E-state index contributed by atoms with van der Waals surface area (Å²) in [6.45, 7) is 3.85. The molecule has 1 saturated heterocycles. The first kappa shape index (κ1) is 17.9. The van der Waals surface area contributed by atoms with Crippen molar-refractivity contribution in [2.45, 2.75) is 57.5 Å². The molecule has 0 radical (unpaired) electrons. The molecule has 1 aromatic heterocycles. The van der Waals surface area contributed by atoms with E-state index in [1.165, 1.54) is 0 Å². The van der Waals surface area contributed by atoms with Crippen LogP contribution in [0.25, 0.3) is 0 Å². The van der Waals surface area contributed by atoms with Crippen LogP contribution in [0.15, 0.2) is 17.5 Å². The van der Waals surface area contributed by atoms with Crippen LogP contribution in [0.4, 0.5) is 4.79 Å². The SMILES string of the molecule is CC(C)[C@@H](NC(=O)CN1C(=O)NC2(CCCCC2)C1=O)c1cccs1. The maximum Gasteiger partial charge on any atom is 0.325 e. The molecule has 136 valence electrons. The second-order valence-electron chi connectivity index (χ2n) is 7.27. The molecule has 2 N–H and O–H groups in total. The van der Waals surface area contributed by atoms with Crippen molar-refractivity contribution in [3.05, 3.63) is 22.4 Å². The Kier molecular flexibility index (Phi) is 5.13. The molecule has 1 aromatic rings. The van der Waals surface area contributed by atoms with Gasteiger partial charge in [0.2, 0.25) is 5.91 Å². The van der Waals surface area contributed by atoms with Crippen molar-refractivity contribution in [3.63, 3.8) is 0 Å². The van der Waals surface area contributed by atoms with Gasteiger partial charge in [0.05, 0.1) is 6.04 Å². The van der Waals surface area contributed by atoms with Crippen LogP contribution < -0.4 is 10.6 Å². The Morgan fingerprint density at radius 2 is 2.04 bits per heavy atom. The summed E-state index contributed by atoms with van der Waals surface area (Å²) in [6.07, 6.45) is 4.28. The molecule has 2 aliphatic rings. The molecule has 3 rings (SSSR count). The molecule has 0 aromatic carbocycles. The van der Waals surface area contributed by atoms with Gasteiger partial charge in [0, 0.05) is 4.88 Å². The standard InChI is InChI=1S/C18H25N3O3S/c1-12(2)15(13-7-6-10-25-13)19-14(22)11-21-16(23)18(20-17(21)24)8-4-3-5-9-18/h6-7,10,12,15H,3-5,8-9,11H2,1-2H3,(H,19,22)(H,20,24)/t15-/m1/s1. The van der Waals surface area contributed by atoms with Crippen molar-refractivity contribution in [2.75, 3.05) is 6.54 Å².